The minimum atomic E-state index is -1.23. The van der Waals surface area contributed by atoms with Gasteiger partial charge in [0.25, 0.3) is 0 Å². The summed E-state index contributed by atoms with van der Waals surface area (Å²) >= 11 is 0. The van der Waals surface area contributed by atoms with Gasteiger partial charge in [-0.1, -0.05) is 48.5 Å². The Morgan fingerprint density at radius 2 is 1.61 bits per heavy atom. The van der Waals surface area contributed by atoms with Crippen molar-refractivity contribution in [2.24, 2.45) is 0 Å². The van der Waals surface area contributed by atoms with Crippen LogP contribution in [0.1, 0.15) is 24.2 Å². The van der Waals surface area contributed by atoms with Gasteiger partial charge in [0, 0.05) is 0 Å². The van der Waals surface area contributed by atoms with Crippen LogP contribution in [0.2, 0.25) is 0 Å². The van der Waals surface area contributed by atoms with Crippen molar-refractivity contribution in [3.8, 4) is 0 Å². The molecule has 2 heteroatoms. The van der Waals surface area contributed by atoms with Crippen molar-refractivity contribution in [2.75, 3.05) is 0 Å². The second-order valence-electron chi connectivity index (χ2n) is 6.70. The molecule has 112 valence electrons. The molecule has 2 unspecified atom stereocenters. The molecule has 2 N–H and O–H groups in total. The summed E-state index contributed by atoms with van der Waals surface area (Å²) in [4.78, 5) is 0. The average Bonchev–Trinajstić information content (AvgIpc) is 2.56. The van der Waals surface area contributed by atoms with Gasteiger partial charge in [-0.3, -0.25) is 0 Å². The standard InChI is InChI=1S/C21H16O2/c1-21(23)10-9-15-16-8-7-13-4-2-3-12-5-6-14(19(16)18(12)13)11-17(15)20(21)22/h2-11,20,22-23H,1H3. The van der Waals surface area contributed by atoms with Gasteiger partial charge in [0.1, 0.15) is 11.7 Å². The van der Waals surface area contributed by atoms with Gasteiger partial charge < -0.3 is 10.2 Å². The van der Waals surface area contributed by atoms with Crippen LogP contribution in [0.25, 0.3) is 38.4 Å². The second kappa shape index (κ2) is 4.10. The third-order valence-electron chi connectivity index (χ3n) is 5.16. The minimum absolute atomic E-state index is 0.795. The fraction of sp³-hybridized carbons (Fsp3) is 0.143. The monoisotopic (exact) mass is 300 g/mol. The second-order valence-corrected chi connectivity index (χ2v) is 6.70. The summed E-state index contributed by atoms with van der Waals surface area (Å²) in [5, 5.41) is 28.1. The third kappa shape index (κ3) is 1.60. The number of hydrogen-bond acceptors (Lipinski definition) is 2. The number of aliphatic hydroxyl groups is 2. The SMILES string of the molecule is CC1(O)C=Cc2c(cc3ccc4cccc5ccc2c3c45)C1O. The molecule has 0 saturated carbocycles. The fourth-order valence-corrected chi connectivity index (χ4v) is 3.92. The topological polar surface area (TPSA) is 40.5 Å². The van der Waals surface area contributed by atoms with Crippen molar-refractivity contribution in [2.45, 2.75) is 18.6 Å². The first-order valence-corrected chi connectivity index (χ1v) is 7.86. The van der Waals surface area contributed by atoms with Crippen LogP contribution in [0.3, 0.4) is 0 Å². The van der Waals surface area contributed by atoms with Gasteiger partial charge in [0.2, 0.25) is 0 Å². The van der Waals surface area contributed by atoms with E-state index in [2.05, 4.69) is 42.5 Å². The molecule has 4 aromatic rings. The lowest BCUT2D eigenvalue weighted by molar-refractivity contribution is -0.0287. The van der Waals surface area contributed by atoms with Crippen LogP contribution in [0, 0.1) is 0 Å². The summed E-state index contributed by atoms with van der Waals surface area (Å²) in [6, 6.07) is 16.9. The van der Waals surface area contributed by atoms with Crippen molar-refractivity contribution in [1.29, 1.82) is 0 Å². The summed E-state index contributed by atoms with van der Waals surface area (Å²) in [6.07, 6.45) is 2.72. The van der Waals surface area contributed by atoms with Crippen molar-refractivity contribution in [1.82, 2.24) is 0 Å². The van der Waals surface area contributed by atoms with E-state index < -0.39 is 11.7 Å². The van der Waals surface area contributed by atoms with E-state index >= 15 is 0 Å². The third-order valence-corrected chi connectivity index (χ3v) is 5.16. The zero-order valence-corrected chi connectivity index (χ0v) is 12.7. The predicted octanol–water partition coefficient (Wildman–Crippen LogP) is 4.40. The van der Waals surface area contributed by atoms with Crippen LogP contribution in [0.15, 0.2) is 54.6 Å². The van der Waals surface area contributed by atoms with E-state index in [1.54, 1.807) is 13.0 Å². The van der Waals surface area contributed by atoms with Crippen molar-refractivity contribution < 1.29 is 10.2 Å². The Labute approximate surface area is 133 Å². The maximum Gasteiger partial charge on any atom is 0.112 e. The molecule has 5 rings (SSSR count). The highest BCUT2D eigenvalue weighted by molar-refractivity contribution is 6.24. The summed E-state index contributed by atoms with van der Waals surface area (Å²) in [5.41, 5.74) is 0.575. The summed E-state index contributed by atoms with van der Waals surface area (Å²) in [7, 11) is 0. The molecule has 0 amide bonds. The quantitative estimate of drug-likeness (QED) is 0.473. The van der Waals surface area contributed by atoms with Crippen molar-refractivity contribution in [3.05, 3.63) is 65.7 Å². The first-order valence-electron chi connectivity index (χ1n) is 7.86. The highest BCUT2D eigenvalue weighted by atomic mass is 16.3. The molecule has 0 fully saturated rings. The molecule has 2 atom stereocenters. The Hall–Kier alpha value is -2.42. The van der Waals surface area contributed by atoms with Crippen LogP contribution in [-0.4, -0.2) is 15.8 Å². The molecule has 0 heterocycles. The molecule has 0 radical (unpaired) electrons. The number of fused-ring (bicyclic) bond motifs is 2. The maximum atomic E-state index is 10.6. The Kier molecular flexibility index (Phi) is 2.33. The van der Waals surface area contributed by atoms with E-state index in [-0.39, 0.29) is 0 Å². The van der Waals surface area contributed by atoms with E-state index in [4.69, 9.17) is 0 Å². The average molecular weight is 300 g/mol. The van der Waals surface area contributed by atoms with Crippen LogP contribution in [-0.2, 0) is 0 Å². The Bertz CT molecular complexity index is 1090. The lowest BCUT2D eigenvalue weighted by atomic mass is 9.80. The zero-order valence-electron chi connectivity index (χ0n) is 12.7. The van der Waals surface area contributed by atoms with Gasteiger partial charge in [-0.05, 0) is 62.5 Å². The van der Waals surface area contributed by atoms with Crippen LogP contribution >= 0.6 is 0 Å². The number of benzene rings is 4. The molecular weight excluding hydrogens is 284 g/mol. The van der Waals surface area contributed by atoms with Crippen LogP contribution in [0.4, 0.5) is 0 Å². The molecule has 4 aromatic carbocycles. The first kappa shape index (κ1) is 13.1. The van der Waals surface area contributed by atoms with E-state index in [1.807, 2.05) is 12.1 Å². The van der Waals surface area contributed by atoms with Gasteiger partial charge in [-0.15, -0.1) is 0 Å². The Balaban J connectivity index is 2.02. The van der Waals surface area contributed by atoms with E-state index in [0.717, 1.165) is 21.9 Å². The maximum absolute atomic E-state index is 10.6. The van der Waals surface area contributed by atoms with Crippen LogP contribution < -0.4 is 0 Å². The lowest BCUT2D eigenvalue weighted by Gasteiger charge is -2.32. The highest BCUT2D eigenvalue weighted by Crippen LogP contribution is 2.43. The van der Waals surface area contributed by atoms with Crippen LogP contribution in [0.5, 0.6) is 0 Å². The van der Waals surface area contributed by atoms with Crippen molar-refractivity contribution in [3.63, 3.8) is 0 Å². The van der Waals surface area contributed by atoms with Gasteiger partial charge >= 0.3 is 0 Å². The first-order chi connectivity index (χ1) is 11.1. The number of rotatable bonds is 0. The van der Waals surface area contributed by atoms with Gasteiger partial charge in [-0.2, -0.15) is 0 Å². The molecule has 0 bridgehead atoms. The molecule has 0 aromatic heterocycles. The molecule has 23 heavy (non-hydrogen) atoms. The van der Waals surface area contributed by atoms with Gasteiger partial charge in [0.15, 0.2) is 0 Å². The molecule has 1 aliphatic carbocycles. The number of aliphatic hydroxyl groups excluding tert-OH is 1. The lowest BCUT2D eigenvalue weighted by Crippen LogP contribution is -2.32. The smallest absolute Gasteiger partial charge is 0.112 e. The molecule has 1 aliphatic rings. The molecular formula is C21H16O2. The molecule has 0 spiro atoms. The fourth-order valence-electron chi connectivity index (χ4n) is 3.92. The summed E-state index contributed by atoms with van der Waals surface area (Å²) < 4.78 is 0. The van der Waals surface area contributed by atoms with Gasteiger partial charge in [-0.25, -0.2) is 0 Å². The normalized spacial score (nSPS) is 23.9. The highest BCUT2D eigenvalue weighted by Gasteiger charge is 2.34. The summed E-state index contributed by atoms with van der Waals surface area (Å²) in [6.45, 7) is 1.64. The summed E-state index contributed by atoms with van der Waals surface area (Å²) in [5.74, 6) is 0. The zero-order chi connectivity index (χ0) is 15.8. The largest absolute Gasteiger partial charge is 0.385 e. The number of hydrogen-bond donors (Lipinski definition) is 2. The van der Waals surface area contributed by atoms with Crippen molar-refractivity contribution >= 4 is 38.4 Å². The van der Waals surface area contributed by atoms with E-state index in [1.165, 1.54) is 21.5 Å². The minimum Gasteiger partial charge on any atom is -0.385 e. The molecule has 0 aliphatic heterocycles. The predicted molar refractivity (Wildman–Crippen MR) is 94.8 cm³/mol. The van der Waals surface area contributed by atoms with Gasteiger partial charge in [0.05, 0.1) is 0 Å². The Morgan fingerprint density at radius 3 is 2.39 bits per heavy atom. The van der Waals surface area contributed by atoms with E-state index in [0.29, 0.717) is 0 Å². The van der Waals surface area contributed by atoms with E-state index in [9.17, 15) is 10.2 Å². The Morgan fingerprint density at radius 1 is 0.913 bits per heavy atom. The molecule has 2 nitrogen and oxygen atoms in total. The molecule has 0 saturated heterocycles.